The van der Waals surface area contributed by atoms with Gasteiger partial charge < -0.3 is 5.73 Å². The van der Waals surface area contributed by atoms with Gasteiger partial charge in [0.15, 0.2) is 5.82 Å². The van der Waals surface area contributed by atoms with Crippen LogP contribution < -0.4 is 5.73 Å². The Morgan fingerprint density at radius 1 is 1.42 bits per heavy atom. The molecule has 3 nitrogen and oxygen atoms in total. The molecule has 0 aliphatic heterocycles. The minimum Gasteiger partial charge on any atom is -0.382 e. The maximum Gasteiger partial charge on any atom is 0.153 e. The molecule has 0 bridgehead atoms. The molecule has 3 N–H and O–H groups in total. The van der Waals surface area contributed by atoms with Crippen molar-refractivity contribution >= 4 is 17.4 Å². The highest BCUT2D eigenvalue weighted by molar-refractivity contribution is 6.33. The average Bonchev–Trinajstić information content (AvgIpc) is 2.71. The van der Waals surface area contributed by atoms with Gasteiger partial charge in [0.2, 0.25) is 0 Å². The molecule has 0 spiro atoms. The Kier molecular flexibility index (Phi) is 4.10. The largest absolute Gasteiger partial charge is 0.382 e. The van der Waals surface area contributed by atoms with Crippen molar-refractivity contribution in [3.63, 3.8) is 0 Å². The summed E-state index contributed by atoms with van der Waals surface area (Å²) >= 11 is 6.10. The molecular formula is C14H17ClFN3. The molecule has 2 aromatic rings. The zero-order chi connectivity index (χ0) is 14.0. The molecule has 1 aromatic carbocycles. The van der Waals surface area contributed by atoms with Crippen LogP contribution in [0.2, 0.25) is 5.02 Å². The van der Waals surface area contributed by atoms with Crippen LogP contribution in [-0.2, 0) is 6.42 Å². The summed E-state index contributed by atoms with van der Waals surface area (Å²) in [4.78, 5) is 0. The predicted octanol–water partition coefficient (Wildman–Crippen LogP) is 4.04. The lowest BCUT2D eigenvalue weighted by molar-refractivity contribution is 0.552. The fourth-order valence-corrected chi connectivity index (χ4v) is 2.31. The molecule has 0 fully saturated rings. The van der Waals surface area contributed by atoms with Gasteiger partial charge >= 0.3 is 0 Å². The molecule has 1 unspecified atom stereocenters. The highest BCUT2D eigenvalue weighted by Gasteiger charge is 2.20. The fraction of sp³-hybridized carbons (Fsp3) is 0.357. The summed E-state index contributed by atoms with van der Waals surface area (Å²) < 4.78 is 14.0. The van der Waals surface area contributed by atoms with Crippen molar-refractivity contribution in [2.45, 2.75) is 26.7 Å². The van der Waals surface area contributed by atoms with Crippen LogP contribution >= 0.6 is 11.6 Å². The summed E-state index contributed by atoms with van der Waals surface area (Å²) in [7, 11) is 0. The Morgan fingerprint density at radius 3 is 2.79 bits per heavy atom. The fourth-order valence-electron chi connectivity index (χ4n) is 2.05. The molecular weight excluding hydrogens is 265 g/mol. The van der Waals surface area contributed by atoms with E-state index in [1.807, 2.05) is 0 Å². The number of hydrogen-bond donors (Lipinski definition) is 2. The lowest BCUT2D eigenvalue weighted by Crippen LogP contribution is -2.01. The third kappa shape index (κ3) is 2.73. The van der Waals surface area contributed by atoms with Gasteiger partial charge in [-0.3, -0.25) is 5.10 Å². The van der Waals surface area contributed by atoms with Gasteiger partial charge in [0.25, 0.3) is 0 Å². The van der Waals surface area contributed by atoms with E-state index in [-0.39, 0.29) is 11.6 Å². The Labute approximate surface area is 117 Å². The molecule has 1 aromatic heterocycles. The second-order valence-corrected chi connectivity index (χ2v) is 5.18. The van der Waals surface area contributed by atoms with Gasteiger partial charge in [0, 0.05) is 11.3 Å². The lowest BCUT2D eigenvalue weighted by atomic mass is 9.97. The molecule has 102 valence electrons. The number of aromatic nitrogens is 2. The Bertz CT molecular complexity index is 560. The van der Waals surface area contributed by atoms with Crippen LogP contribution in [0.5, 0.6) is 0 Å². The third-order valence-electron chi connectivity index (χ3n) is 3.33. The second kappa shape index (κ2) is 5.61. The normalized spacial score (nSPS) is 12.6. The monoisotopic (exact) mass is 281 g/mol. The summed E-state index contributed by atoms with van der Waals surface area (Å²) in [6.45, 7) is 4.24. The minimum atomic E-state index is -0.383. The van der Waals surface area contributed by atoms with Crippen molar-refractivity contribution in [2.24, 2.45) is 5.92 Å². The number of nitrogens with zero attached hydrogens (tertiary/aromatic N) is 1. The van der Waals surface area contributed by atoms with E-state index in [0.717, 1.165) is 18.5 Å². The van der Waals surface area contributed by atoms with E-state index in [1.165, 1.54) is 6.07 Å². The first kappa shape index (κ1) is 13.9. The molecule has 1 heterocycles. The summed E-state index contributed by atoms with van der Waals surface area (Å²) in [6, 6.07) is 4.60. The summed E-state index contributed by atoms with van der Waals surface area (Å²) in [5, 5.41) is 7.23. The van der Waals surface area contributed by atoms with Crippen LogP contribution in [0.1, 0.15) is 26.0 Å². The van der Waals surface area contributed by atoms with E-state index in [2.05, 4.69) is 24.0 Å². The van der Waals surface area contributed by atoms with Gasteiger partial charge in [0.1, 0.15) is 5.82 Å². The first-order valence-corrected chi connectivity index (χ1v) is 6.69. The van der Waals surface area contributed by atoms with E-state index in [9.17, 15) is 4.39 Å². The Balaban J connectivity index is 2.53. The molecule has 2 rings (SSSR count). The SMILES string of the molecule is CCC(C)Cc1[nH]nc(N)c1-c1c(F)cccc1Cl. The van der Waals surface area contributed by atoms with Gasteiger partial charge in [-0.15, -0.1) is 0 Å². The van der Waals surface area contributed by atoms with Crippen molar-refractivity contribution in [3.8, 4) is 11.1 Å². The number of nitrogens with one attached hydrogen (secondary N) is 1. The predicted molar refractivity (Wildman–Crippen MR) is 76.6 cm³/mol. The first-order chi connectivity index (χ1) is 9.04. The molecule has 0 saturated heterocycles. The first-order valence-electron chi connectivity index (χ1n) is 6.31. The highest BCUT2D eigenvalue weighted by Crippen LogP contribution is 2.36. The van der Waals surface area contributed by atoms with Crippen molar-refractivity contribution in [2.75, 3.05) is 5.73 Å². The number of anilines is 1. The molecule has 0 amide bonds. The number of hydrogen-bond acceptors (Lipinski definition) is 2. The van der Waals surface area contributed by atoms with E-state index >= 15 is 0 Å². The zero-order valence-electron chi connectivity index (χ0n) is 11.0. The van der Waals surface area contributed by atoms with Crippen LogP contribution in [0.25, 0.3) is 11.1 Å². The third-order valence-corrected chi connectivity index (χ3v) is 3.65. The van der Waals surface area contributed by atoms with Gasteiger partial charge in [-0.2, -0.15) is 5.10 Å². The average molecular weight is 282 g/mol. The molecule has 0 saturated carbocycles. The van der Waals surface area contributed by atoms with Crippen LogP contribution in [-0.4, -0.2) is 10.2 Å². The number of benzene rings is 1. The number of nitrogens with two attached hydrogens (primary N) is 1. The van der Waals surface area contributed by atoms with Crippen molar-refractivity contribution in [3.05, 3.63) is 34.7 Å². The maximum atomic E-state index is 14.0. The smallest absolute Gasteiger partial charge is 0.153 e. The van der Waals surface area contributed by atoms with Gasteiger partial charge in [-0.25, -0.2) is 4.39 Å². The standard InChI is InChI=1S/C14H17ClFN3/c1-3-8(2)7-11-13(14(17)19-18-11)12-9(15)5-4-6-10(12)16/h4-6,8H,3,7H2,1-2H3,(H3,17,18,19). The summed E-state index contributed by atoms with van der Waals surface area (Å²) in [6.07, 6.45) is 1.80. The molecule has 1 atom stereocenters. The van der Waals surface area contributed by atoms with Gasteiger partial charge in [-0.1, -0.05) is 37.9 Å². The van der Waals surface area contributed by atoms with E-state index in [4.69, 9.17) is 17.3 Å². The Morgan fingerprint density at radius 2 is 2.16 bits per heavy atom. The molecule has 0 aliphatic carbocycles. The molecule has 19 heavy (non-hydrogen) atoms. The number of nitrogen functional groups attached to an aromatic ring is 1. The molecule has 0 aliphatic rings. The second-order valence-electron chi connectivity index (χ2n) is 4.78. The molecule has 0 radical (unpaired) electrons. The zero-order valence-corrected chi connectivity index (χ0v) is 11.8. The number of halogens is 2. The van der Waals surface area contributed by atoms with Crippen LogP contribution in [0.3, 0.4) is 0 Å². The van der Waals surface area contributed by atoms with Crippen LogP contribution in [0.4, 0.5) is 10.2 Å². The molecule has 5 heteroatoms. The van der Waals surface area contributed by atoms with Gasteiger partial charge in [-0.05, 0) is 24.5 Å². The minimum absolute atomic E-state index is 0.283. The quantitative estimate of drug-likeness (QED) is 0.888. The lowest BCUT2D eigenvalue weighted by Gasteiger charge is -2.11. The van der Waals surface area contributed by atoms with E-state index in [1.54, 1.807) is 12.1 Å². The van der Waals surface area contributed by atoms with E-state index < -0.39 is 0 Å². The maximum absolute atomic E-state index is 14.0. The Hall–Kier alpha value is -1.55. The van der Waals surface area contributed by atoms with Crippen LogP contribution in [0.15, 0.2) is 18.2 Å². The summed E-state index contributed by atoms with van der Waals surface area (Å²) in [5.41, 5.74) is 7.61. The summed E-state index contributed by atoms with van der Waals surface area (Å²) in [5.74, 6) is 0.362. The van der Waals surface area contributed by atoms with Crippen LogP contribution in [0, 0.1) is 11.7 Å². The number of rotatable bonds is 4. The number of H-pyrrole nitrogens is 1. The topological polar surface area (TPSA) is 54.7 Å². The highest BCUT2D eigenvalue weighted by atomic mass is 35.5. The van der Waals surface area contributed by atoms with E-state index in [0.29, 0.717) is 22.1 Å². The van der Waals surface area contributed by atoms with Gasteiger partial charge in [0.05, 0.1) is 10.6 Å². The van der Waals surface area contributed by atoms with Crippen molar-refractivity contribution in [1.82, 2.24) is 10.2 Å². The number of aromatic amines is 1. The van der Waals surface area contributed by atoms with Crippen molar-refractivity contribution < 1.29 is 4.39 Å². The van der Waals surface area contributed by atoms with Crippen molar-refractivity contribution in [1.29, 1.82) is 0 Å².